The molecule has 2 fully saturated rings. The molecule has 13 heavy (non-hydrogen) atoms. The first-order valence-electron chi connectivity index (χ1n) is 5.34. The van der Waals surface area contributed by atoms with Gasteiger partial charge in [-0.05, 0) is 37.9 Å². The zero-order chi connectivity index (χ0) is 9.10. The maximum atomic E-state index is 13.3. The van der Waals surface area contributed by atoms with Crippen molar-refractivity contribution >= 4 is 11.8 Å². The van der Waals surface area contributed by atoms with Gasteiger partial charge in [0.1, 0.15) is 6.17 Å². The van der Waals surface area contributed by atoms with Crippen LogP contribution < -0.4 is 5.32 Å². The molecule has 3 atom stereocenters. The van der Waals surface area contributed by atoms with Crippen molar-refractivity contribution in [1.82, 2.24) is 5.32 Å². The highest BCUT2D eigenvalue weighted by Gasteiger charge is 2.29. The van der Waals surface area contributed by atoms with Crippen LogP contribution >= 0.6 is 11.8 Å². The lowest BCUT2D eigenvalue weighted by Crippen LogP contribution is -2.43. The van der Waals surface area contributed by atoms with Crippen LogP contribution in [-0.4, -0.2) is 29.8 Å². The zero-order valence-electron chi connectivity index (χ0n) is 7.97. The van der Waals surface area contributed by atoms with Gasteiger partial charge in [-0.3, -0.25) is 0 Å². The summed E-state index contributed by atoms with van der Waals surface area (Å²) in [6.07, 6.45) is 4.85. The fraction of sp³-hybridized carbons (Fsp3) is 1.00. The van der Waals surface area contributed by atoms with Gasteiger partial charge in [-0.2, -0.15) is 11.8 Å². The Bertz CT molecular complexity index is 159. The van der Waals surface area contributed by atoms with E-state index in [2.05, 4.69) is 5.32 Å². The normalized spacial score (nSPS) is 40.8. The lowest BCUT2D eigenvalue weighted by atomic mass is 10.1. The molecule has 1 saturated carbocycles. The largest absolute Gasteiger partial charge is 0.308 e. The molecule has 0 amide bonds. The third-order valence-corrected chi connectivity index (χ3v) is 4.26. The summed E-state index contributed by atoms with van der Waals surface area (Å²) >= 11 is 2.00. The number of hydrogen-bond acceptors (Lipinski definition) is 2. The topological polar surface area (TPSA) is 12.0 Å². The van der Waals surface area contributed by atoms with Crippen LogP contribution in [0.5, 0.6) is 0 Å². The number of thioether (sulfide) groups is 1. The van der Waals surface area contributed by atoms with E-state index in [4.69, 9.17) is 0 Å². The maximum Gasteiger partial charge on any atom is 0.115 e. The molecule has 0 aromatic heterocycles. The summed E-state index contributed by atoms with van der Waals surface area (Å²) in [5, 5.41) is 3.47. The minimum atomic E-state index is -0.577. The summed E-state index contributed by atoms with van der Waals surface area (Å²) in [4.78, 5) is 0. The summed E-state index contributed by atoms with van der Waals surface area (Å²) in [7, 11) is 0. The Kier molecular flexibility index (Phi) is 3.50. The van der Waals surface area contributed by atoms with Crippen LogP contribution in [0.4, 0.5) is 4.39 Å². The van der Waals surface area contributed by atoms with E-state index in [9.17, 15) is 4.39 Å². The highest BCUT2D eigenvalue weighted by Crippen LogP contribution is 2.24. The molecule has 3 heteroatoms. The highest BCUT2D eigenvalue weighted by molar-refractivity contribution is 7.99. The van der Waals surface area contributed by atoms with E-state index < -0.39 is 6.17 Å². The van der Waals surface area contributed by atoms with E-state index in [0.717, 1.165) is 19.3 Å². The van der Waals surface area contributed by atoms with Crippen molar-refractivity contribution < 1.29 is 4.39 Å². The first-order valence-corrected chi connectivity index (χ1v) is 6.49. The second-order valence-electron chi connectivity index (χ2n) is 4.13. The minimum Gasteiger partial charge on any atom is -0.308 e. The SMILES string of the molecule is F[C@H]1CCC[C@H]1NC1CCCSC1. The van der Waals surface area contributed by atoms with Crippen molar-refractivity contribution in [2.45, 2.75) is 50.4 Å². The molecule has 0 aromatic carbocycles. The van der Waals surface area contributed by atoms with Gasteiger partial charge in [-0.15, -0.1) is 0 Å². The Morgan fingerprint density at radius 2 is 2.08 bits per heavy atom. The molecule has 0 aromatic rings. The van der Waals surface area contributed by atoms with E-state index in [-0.39, 0.29) is 6.04 Å². The second kappa shape index (κ2) is 4.65. The van der Waals surface area contributed by atoms with Crippen LogP contribution in [-0.2, 0) is 0 Å². The number of nitrogens with one attached hydrogen (secondary N) is 1. The van der Waals surface area contributed by atoms with Crippen LogP contribution in [0.2, 0.25) is 0 Å². The van der Waals surface area contributed by atoms with Crippen molar-refractivity contribution in [2.75, 3.05) is 11.5 Å². The van der Waals surface area contributed by atoms with Crippen molar-refractivity contribution in [3.63, 3.8) is 0 Å². The molecular formula is C10H18FNS. The van der Waals surface area contributed by atoms with Crippen LogP contribution in [0.1, 0.15) is 32.1 Å². The van der Waals surface area contributed by atoms with Gasteiger partial charge in [0.05, 0.1) is 0 Å². The fourth-order valence-corrected chi connectivity index (χ4v) is 3.36. The van der Waals surface area contributed by atoms with E-state index in [1.165, 1.54) is 24.3 Å². The van der Waals surface area contributed by atoms with Gasteiger partial charge in [-0.1, -0.05) is 0 Å². The molecule has 2 rings (SSSR count). The molecule has 1 heterocycles. The average Bonchev–Trinajstić information content (AvgIpc) is 2.54. The molecule has 1 saturated heterocycles. The summed E-state index contributed by atoms with van der Waals surface area (Å²) in [5.41, 5.74) is 0. The summed E-state index contributed by atoms with van der Waals surface area (Å²) in [6, 6.07) is 0.754. The molecule has 0 radical (unpaired) electrons. The Labute approximate surface area is 83.9 Å². The quantitative estimate of drug-likeness (QED) is 0.739. The van der Waals surface area contributed by atoms with Crippen LogP contribution in [0, 0.1) is 0 Å². The molecule has 1 aliphatic heterocycles. The van der Waals surface area contributed by atoms with Crippen LogP contribution in [0.15, 0.2) is 0 Å². The zero-order valence-corrected chi connectivity index (χ0v) is 8.78. The Morgan fingerprint density at radius 3 is 2.69 bits per heavy atom. The molecule has 0 bridgehead atoms. The predicted molar refractivity (Wildman–Crippen MR) is 56.0 cm³/mol. The van der Waals surface area contributed by atoms with Crippen molar-refractivity contribution in [3.05, 3.63) is 0 Å². The average molecular weight is 203 g/mol. The van der Waals surface area contributed by atoms with E-state index >= 15 is 0 Å². The summed E-state index contributed by atoms with van der Waals surface area (Å²) in [6.45, 7) is 0. The van der Waals surface area contributed by atoms with E-state index in [0.29, 0.717) is 6.04 Å². The molecule has 76 valence electrons. The standard InChI is InChI=1S/C10H18FNS/c11-9-4-1-5-10(9)12-8-3-2-6-13-7-8/h8-10,12H,1-7H2/t8?,9-,10+/m0/s1. The van der Waals surface area contributed by atoms with Gasteiger partial charge >= 0.3 is 0 Å². The first-order chi connectivity index (χ1) is 6.36. The smallest absolute Gasteiger partial charge is 0.115 e. The third-order valence-electron chi connectivity index (χ3n) is 3.04. The predicted octanol–water partition coefficient (Wildman–Crippen LogP) is 2.36. The van der Waals surface area contributed by atoms with Crippen LogP contribution in [0.25, 0.3) is 0 Å². The van der Waals surface area contributed by atoms with Crippen molar-refractivity contribution in [1.29, 1.82) is 0 Å². The third kappa shape index (κ3) is 2.59. The van der Waals surface area contributed by atoms with Crippen molar-refractivity contribution in [3.8, 4) is 0 Å². The molecule has 1 N–H and O–H groups in total. The molecule has 1 aliphatic carbocycles. The molecule has 1 unspecified atom stereocenters. The minimum absolute atomic E-state index is 0.170. The van der Waals surface area contributed by atoms with Gasteiger partial charge < -0.3 is 5.32 Å². The number of halogens is 1. The van der Waals surface area contributed by atoms with Crippen molar-refractivity contribution in [2.24, 2.45) is 0 Å². The monoisotopic (exact) mass is 203 g/mol. The second-order valence-corrected chi connectivity index (χ2v) is 5.28. The summed E-state index contributed by atoms with van der Waals surface area (Å²) < 4.78 is 13.3. The lowest BCUT2D eigenvalue weighted by molar-refractivity contribution is 0.263. The summed E-state index contributed by atoms with van der Waals surface area (Å²) in [5.74, 6) is 2.48. The van der Waals surface area contributed by atoms with Crippen LogP contribution in [0.3, 0.4) is 0 Å². The number of rotatable bonds is 2. The maximum absolute atomic E-state index is 13.3. The lowest BCUT2D eigenvalue weighted by Gasteiger charge is -2.26. The Balaban J connectivity index is 1.75. The number of alkyl halides is 1. The van der Waals surface area contributed by atoms with E-state index in [1.54, 1.807) is 0 Å². The van der Waals surface area contributed by atoms with Gasteiger partial charge in [0, 0.05) is 17.8 Å². The van der Waals surface area contributed by atoms with Gasteiger partial charge in [0.2, 0.25) is 0 Å². The molecule has 2 aliphatic rings. The Hall–Kier alpha value is 0.240. The van der Waals surface area contributed by atoms with Gasteiger partial charge in [0.25, 0.3) is 0 Å². The molecule has 0 spiro atoms. The van der Waals surface area contributed by atoms with Gasteiger partial charge in [-0.25, -0.2) is 4.39 Å². The van der Waals surface area contributed by atoms with E-state index in [1.807, 2.05) is 11.8 Å². The van der Waals surface area contributed by atoms with Gasteiger partial charge in [0.15, 0.2) is 0 Å². The number of hydrogen-bond donors (Lipinski definition) is 1. The highest BCUT2D eigenvalue weighted by atomic mass is 32.2. The molecular weight excluding hydrogens is 185 g/mol. The Morgan fingerprint density at radius 1 is 1.15 bits per heavy atom. The molecule has 1 nitrogen and oxygen atoms in total. The first kappa shape index (κ1) is 9.78. The fourth-order valence-electron chi connectivity index (χ4n) is 2.28.